The van der Waals surface area contributed by atoms with Gasteiger partial charge in [0.05, 0.1) is 13.2 Å². The number of pyridine rings is 1. The van der Waals surface area contributed by atoms with Gasteiger partial charge in [-0.05, 0) is 48.4 Å². The summed E-state index contributed by atoms with van der Waals surface area (Å²) in [4.78, 5) is 9.34. The minimum atomic E-state index is -0.710. The monoisotopic (exact) mass is 516 g/mol. The maximum absolute atomic E-state index is 14.7. The van der Waals surface area contributed by atoms with Crippen LogP contribution in [-0.2, 0) is 10.8 Å². The van der Waals surface area contributed by atoms with E-state index in [-0.39, 0.29) is 23.1 Å². The van der Waals surface area contributed by atoms with Gasteiger partial charge in [0.1, 0.15) is 5.82 Å². The Hall–Kier alpha value is -2.65. The number of ether oxygens (including phenoxy) is 1. The molecule has 1 aromatic carbocycles. The lowest BCUT2D eigenvalue weighted by atomic mass is 9.95. The number of nitrogens with one attached hydrogen (secondary N) is 1. The molecular formula is C27H37FN4O3S. The van der Waals surface area contributed by atoms with E-state index in [1.165, 1.54) is 13.5 Å². The predicted molar refractivity (Wildman–Crippen MR) is 144 cm³/mol. The van der Waals surface area contributed by atoms with Crippen molar-refractivity contribution in [2.24, 2.45) is 11.8 Å². The number of nitrogens with zero attached hydrogens (tertiary/aromatic N) is 3. The Morgan fingerprint density at radius 2 is 1.92 bits per heavy atom. The maximum atomic E-state index is 14.7. The van der Waals surface area contributed by atoms with Gasteiger partial charge in [0, 0.05) is 77.7 Å². The van der Waals surface area contributed by atoms with Gasteiger partial charge < -0.3 is 25.3 Å². The molecule has 36 heavy (non-hydrogen) atoms. The van der Waals surface area contributed by atoms with Crippen LogP contribution < -0.4 is 15.0 Å². The molecular weight excluding hydrogens is 479 g/mol. The molecule has 196 valence electrons. The van der Waals surface area contributed by atoms with Crippen LogP contribution in [0.3, 0.4) is 0 Å². The van der Waals surface area contributed by atoms with Gasteiger partial charge in [-0.25, -0.2) is 9.37 Å². The lowest BCUT2D eigenvalue weighted by Crippen LogP contribution is -2.37. The van der Waals surface area contributed by atoms with Crippen molar-refractivity contribution >= 4 is 28.0 Å². The molecule has 4 aliphatic heterocycles. The molecule has 4 atom stereocenters. The summed E-state index contributed by atoms with van der Waals surface area (Å²) in [5, 5.41) is 3.56. The molecule has 5 heterocycles. The van der Waals surface area contributed by atoms with E-state index in [4.69, 9.17) is 9.72 Å². The Bertz CT molecular complexity index is 1120. The van der Waals surface area contributed by atoms with Crippen molar-refractivity contribution in [3.8, 4) is 5.75 Å². The highest BCUT2D eigenvalue weighted by molar-refractivity contribution is 7.85. The van der Waals surface area contributed by atoms with Crippen LogP contribution in [0.1, 0.15) is 43.9 Å². The third-order valence-electron chi connectivity index (χ3n) is 7.55. The molecule has 6 rings (SSSR count). The second kappa shape index (κ2) is 11.2. The Morgan fingerprint density at radius 3 is 2.58 bits per heavy atom. The predicted octanol–water partition coefficient (Wildman–Crippen LogP) is 3.85. The third-order valence-corrected chi connectivity index (χ3v) is 9.04. The molecule has 0 saturated carbocycles. The molecule has 0 bridgehead atoms. The number of fused-ring (bicyclic) bond motifs is 2. The van der Waals surface area contributed by atoms with Crippen LogP contribution in [0, 0.1) is 17.7 Å². The molecule has 1 aromatic heterocycles. The Balaban J connectivity index is 0.000000990. The van der Waals surface area contributed by atoms with Crippen LogP contribution in [-0.4, -0.2) is 64.4 Å². The Labute approximate surface area is 215 Å². The standard InChI is InChI=1S/C25H29FN4O2S.C2H6.H2O/c1-32-24-11-22-19(9-20(24)26)23(30-13-17-5-8-33(31)15-18(17)14-30)10-21(28-22)16-3-4-25(27-12-16)29-6-2-7-29;1-2;/h3-4,9-12,17-18,21,28H,2,5-8,13-15H2,1H3;1-2H3;1H2. The molecule has 7 nitrogen and oxygen atoms in total. The number of rotatable bonds is 4. The van der Waals surface area contributed by atoms with Gasteiger partial charge in [-0.15, -0.1) is 0 Å². The molecule has 0 spiro atoms. The fourth-order valence-electron chi connectivity index (χ4n) is 5.52. The smallest absolute Gasteiger partial charge is 0.165 e. The van der Waals surface area contributed by atoms with Gasteiger partial charge in [0.15, 0.2) is 11.6 Å². The van der Waals surface area contributed by atoms with Crippen molar-refractivity contribution in [1.29, 1.82) is 0 Å². The largest absolute Gasteiger partial charge is 0.494 e. The number of hydrogen-bond donors (Lipinski definition) is 1. The fraction of sp³-hybridized carbons (Fsp3) is 0.519. The van der Waals surface area contributed by atoms with E-state index in [0.29, 0.717) is 11.8 Å². The molecule has 3 fully saturated rings. The van der Waals surface area contributed by atoms with Crippen LogP contribution in [0.25, 0.3) is 5.70 Å². The van der Waals surface area contributed by atoms with E-state index >= 15 is 0 Å². The Kier molecular flexibility index (Phi) is 8.20. The summed E-state index contributed by atoms with van der Waals surface area (Å²) in [6.45, 7) is 7.94. The summed E-state index contributed by atoms with van der Waals surface area (Å²) >= 11 is 0. The molecule has 9 heteroatoms. The van der Waals surface area contributed by atoms with E-state index in [9.17, 15) is 8.60 Å². The maximum Gasteiger partial charge on any atom is 0.165 e. The zero-order valence-corrected chi connectivity index (χ0v) is 22.1. The summed E-state index contributed by atoms with van der Waals surface area (Å²) < 4.78 is 32.1. The SMILES string of the molecule is CC.COc1cc2c(cc1F)C(N1CC3CCS(=O)CC3C1)=CC(c1ccc(N3CCC3)nc1)N2.O. The van der Waals surface area contributed by atoms with Crippen LogP contribution in [0.15, 0.2) is 36.5 Å². The highest BCUT2D eigenvalue weighted by atomic mass is 32.2. The summed E-state index contributed by atoms with van der Waals surface area (Å²) in [5.74, 6) is 3.47. The average molecular weight is 517 g/mol. The van der Waals surface area contributed by atoms with Crippen molar-refractivity contribution in [3.05, 3.63) is 53.5 Å². The number of benzene rings is 1. The van der Waals surface area contributed by atoms with Crippen LogP contribution >= 0.6 is 0 Å². The van der Waals surface area contributed by atoms with Crippen LogP contribution in [0.5, 0.6) is 5.75 Å². The number of methoxy groups -OCH3 is 1. The summed E-state index contributed by atoms with van der Waals surface area (Å²) in [6.07, 6.45) is 6.37. The van der Waals surface area contributed by atoms with E-state index in [2.05, 4.69) is 33.3 Å². The van der Waals surface area contributed by atoms with Crippen molar-refractivity contribution in [2.75, 3.05) is 55.0 Å². The highest BCUT2D eigenvalue weighted by Crippen LogP contribution is 2.43. The normalized spacial score (nSPS) is 26.2. The van der Waals surface area contributed by atoms with Gasteiger partial charge in [-0.2, -0.15) is 0 Å². The van der Waals surface area contributed by atoms with Crippen molar-refractivity contribution in [3.63, 3.8) is 0 Å². The van der Waals surface area contributed by atoms with Gasteiger partial charge in [-0.1, -0.05) is 19.9 Å². The number of halogens is 1. The van der Waals surface area contributed by atoms with Crippen LogP contribution in [0.2, 0.25) is 0 Å². The summed E-state index contributed by atoms with van der Waals surface area (Å²) in [6, 6.07) is 7.48. The fourth-order valence-corrected chi connectivity index (χ4v) is 7.11. The van der Waals surface area contributed by atoms with Crippen molar-refractivity contribution in [2.45, 2.75) is 32.7 Å². The van der Waals surface area contributed by atoms with Gasteiger partial charge in [0.2, 0.25) is 0 Å². The lowest BCUT2D eigenvalue weighted by Gasteiger charge is -2.33. The van der Waals surface area contributed by atoms with E-state index in [1.54, 1.807) is 12.1 Å². The minimum Gasteiger partial charge on any atom is -0.494 e. The summed E-state index contributed by atoms with van der Waals surface area (Å²) in [5.41, 5.74) is 3.83. The topological polar surface area (TPSA) is 89.2 Å². The second-order valence-electron chi connectivity index (χ2n) is 9.52. The van der Waals surface area contributed by atoms with Crippen molar-refractivity contribution in [1.82, 2.24) is 9.88 Å². The number of likely N-dealkylation sites (tertiary alicyclic amines) is 1. The molecule has 4 aliphatic rings. The zero-order valence-electron chi connectivity index (χ0n) is 21.3. The first-order valence-electron chi connectivity index (χ1n) is 12.8. The highest BCUT2D eigenvalue weighted by Gasteiger charge is 2.39. The minimum absolute atomic E-state index is 0. The third kappa shape index (κ3) is 4.95. The van der Waals surface area contributed by atoms with Crippen molar-refractivity contribution < 1.29 is 18.8 Å². The first-order valence-corrected chi connectivity index (χ1v) is 14.2. The first kappa shape index (κ1) is 26.4. The van der Waals surface area contributed by atoms with E-state index < -0.39 is 10.8 Å². The lowest BCUT2D eigenvalue weighted by molar-refractivity contribution is 0.386. The molecule has 3 saturated heterocycles. The number of hydrogen-bond acceptors (Lipinski definition) is 6. The Morgan fingerprint density at radius 1 is 1.14 bits per heavy atom. The van der Waals surface area contributed by atoms with E-state index in [1.807, 2.05) is 20.0 Å². The quantitative estimate of drug-likeness (QED) is 0.664. The molecule has 4 unspecified atom stereocenters. The average Bonchev–Trinajstić information content (AvgIpc) is 3.27. The second-order valence-corrected chi connectivity index (χ2v) is 11.1. The number of aromatic nitrogens is 1. The zero-order chi connectivity index (χ0) is 24.5. The van der Waals surface area contributed by atoms with Gasteiger partial charge >= 0.3 is 0 Å². The molecule has 0 radical (unpaired) electrons. The molecule has 0 amide bonds. The summed E-state index contributed by atoms with van der Waals surface area (Å²) in [7, 11) is 0.781. The molecule has 0 aliphatic carbocycles. The number of anilines is 2. The molecule has 3 N–H and O–H groups in total. The first-order chi connectivity index (χ1) is 17.1. The van der Waals surface area contributed by atoms with Crippen LogP contribution in [0.4, 0.5) is 15.9 Å². The van der Waals surface area contributed by atoms with Gasteiger partial charge in [-0.3, -0.25) is 4.21 Å². The van der Waals surface area contributed by atoms with E-state index in [0.717, 1.165) is 72.4 Å². The molecule has 2 aromatic rings. The van der Waals surface area contributed by atoms with Gasteiger partial charge in [0.25, 0.3) is 0 Å².